The molecule has 0 spiro atoms. The molecule has 0 radical (unpaired) electrons. The van der Waals surface area contributed by atoms with Crippen molar-refractivity contribution in [3.05, 3.63) is 30.3 Å². The van der Waals surface area contributed by atoms with Crippen molar-refractivity contribution in [3.8, 4) is 0 Å². The molecule has 0 saturated heterocycles. The first-order chi connectivity index (χ1) is 7.65. The number of rotatable bonds is 6. The average molecular weight is 239 g/mol. The van der Waals surface area contributed by atoms with Crippen molar-refractivity contribution in [3.63, 3.8) is 0 Å². The van der Waals surface area contributed by atoms with E-state index >= 15 is 0 Å². The Hall–Kier alpha value is -0.550. The normalized spacial score (nSPS) is 15.1. The van der Waals surface area contributed by atoms with Crippen LogP contribution >= 0.6 is 11.8 Å². The van der Waals surface area contributed by atoms with Gasteiger partial charge in [0.25, 0.3) is 0 Å². The minimum Gasteiger partial charge on any atom is -0.330 e. The van der Waals surface area contributed by atoms with Gasteiger partial charge in [-0.1, -0.05) is 18.2 Å². The Labute approximate surface area is 102 Å². The van der Waals surface area contributed by atoms with Crippen molar-refractivity contribution in [2.24, 2.45) is 11.5 Å². The molecule has 1 aromatic carbocycles. The van der Waals surface area contributed by atoms with Gasteiger partial charge in [-0.2, -0.15) is 0 Å². The van der Waals surface area contributed by atoms with Crippen LogP contribution in [-0.4, -0.2) is 37.0 Å². The maximum Gasteiger partial charge on any atom is 0.0753 e. The first-order valence-corrected chi connectivity index (χ1v) is 6.37. The third kappa shape index (κ3) is 4.14. The zero-order valence-corrected chi connectivity index (χ0v) is 10.8. The minimum absolute atomic E-state index is 0.102. The van der Waals surface area contributed by atoms with Gasteiger partial charge in [0.2, 0.25) is 0 Å². The van der Waals surface area contributed by atoms with E-state index < -0.39 is 0 Å². The summed E-state index contributed by atoms with van der Waals surface area (Å²) in [5.74, 6) is 0. The first-order valence-electron chi connectivity index (χ1n) is 5.49. The van der Waals surface area contributed by atoms with E-state index in [1.165, 1.54) is 4.90 Å². The largest absolute Gasteiger partial charge is 0.330 e. The summed E-state index contributed by atoms with van der Waals surface area (Å²) in [5, 5.41) is 0.269. The third-order valence-electron chi connectivity index (χ3n) is 2.38. The smallest absolute Gasteiger partial charge is 0.0753 e. The zero-order valence-electron chi connectivity index (χ0n) is 9.97. The lowest BCUT2D eigenvalue weighted by Crippen LogP contribution is -2.43. The van der Waals surface area contributed by atoms with E-state index in [4.69, 9.17) is 11.5 Å². The summed E-state index contributed by atoms with van der Waals surface area (Å²) in [6, 6.07) is 10.4. The monoisotopic (exact) mass is 239 g/mol. The van der Waals surface area contributed by atoms with Gasteiger partial charge < -0.3 is 11.5 Å². The van der Waals surface area contributed by atoms with E-state index in [0.717, 1.165) is 6.42 Å². The van der Waals surface area contributed by atoms with E-state index in [1.54, 1.807) is 11.8 Å². The summed E-state index contributed by atoms with van der Waals surface area (Å²) < 4.78 is 0. The highest BCUT2D eigenvalue weighted by atomic mass is 32.2. The van der Waals surface area contributed by atoms with Gasteiger partial charge in [0.15, 0.2) is 0 Å². The van der Waals surface area contributed by atoms with E-state index in [-0.39, 0.29) is 11.4 Å². The molecule has 2 atom stereocenters. The Morgan fingerprint density at radius 2 is 1.88 bits per heavy atom. The van der Waals surface area contributed by atoms with Gasteiger partial charge in [-0.25, -0.2) is 0 Å². The van der Waals surface area contributed by atoms with Crippen LogP contribution < -0.4 is 11.5 Å². The van der Waals surface area contributed by atoms with Crippen LogP contribution in [0.2, 0.25) is 0 Å². The number of nitrogens with two attached hydrogens (primary N) is 2. The van der Waals surface area contributed by atoms with E-state index in [2.05, 4.69) is 31.1 Å². The Bertz CT molecular complexity index is 290. The predicted molar refractivity (Wildman–Crippen MR) is 71.4 cm³/mol. The first kappa shape index (κ1) is 13.5. The molecular formula is C12H21N3S. The molecule has 1 rings (SSSR count). The van der Waals surface area contributed by atoms with Crippen molar-refractivity contribution in [1.29, 1.82) is 0 Å². The van der Waals surface area contributed by atoms with Crippen molar-refractivity contribution in [1.82, 2.24) is 4.90 Å². The summed E-state index contributed by atoms with van der Waals surface area (Å²) >= 11 is 1.79. The molecular weight excluding hydrogens is 218 g/mol. The Morgan fingerprint density at radius 3 is 2.38 bits per heavy atom. The van der Waals surface area contributed by atoms with Gasteiger partial charge in [-0.05, 0) is 39.2 Å². The highest BCUT2D eigenvalue weighted by molar-refractivity contribution is 8.00. The molecule has 0 bridgehead atoms. The quantitative estimate of drug-likeness (QED) is 0.581. The molecule has 0 heterocycles. The van der Waals surface area contributed by atoms with Gasteiger partial charge in [-0.15, -0.1) is 11.8 Å². The predicted octanol–water partition coefficient (Wildman–Crippen LogP) is 1.34. The lowest BCUT2D eigenvalue weighted by atomic mass is 10.2. The molecule has 16 heavy (non-hydrogen) atoms. The fourth-order valence-corrected chi connectivity index (χ4v) is 2.66. The SMILES string of the molecule is CN(C)C(Sc1ccccc1)C(N)CCN. The minimum atomic E-state index is 0.102. The molecule has 4 heteroatoms. The summed E-state index contributed by atoms with van der Waals surface area (Å²) in [6.07, 6.45) is 0.850. The molecule has 4 N–H and O–H groups in total. The molecule has 0 aromatic heterocycles. The average Bonchev–Trinajstić information content (AvgIpc) is 2.27. The molecule has 2 unspecified atom stereocenters. The highest BCUT2D eigenvalue weighted by Crippen LogP contribution is 2.26. The number of hydrogen-bond acceptors (Lipinski definition) is 4. The molecule has 0 fully saturated rings. The summed E-state index contributed by atoms with van der Waals surface area (Å²) in [4.78, 5) is 3.39. The number of likely N-dealkylation sites (N-methyl/N-ethyl adjacent to an activating group) is 1. The van der Waals surface area contributed by atoms with Gasteiger partial charge in [0.1, 0.15) is 0 Å². The Balaban J connectivity index is 2.65. The fourth-order valence-electron chi connectivity index (χ4n) is 1.55. The lowest BCUT2D eigenvalue weighted by molar-refractivity contribution is 0.332. The molecule has 0 aliphatic carbocycles. The second-order valence-electron chi connectivity index (χ2n) is 4.03. The molecule has 3 nitrogen and oxygen atoms in total. The molecule has 90 valence electrons. The second-order valence-corrected chi connectivity index (χ2v) is 5.22. The summed E-state index contributed by atoms with van der Waals surface area (Å²) in [5.41, 5.74) is 11.7. The number of nitrogens with zero attached hydrogens (tertiary/aromatic N) is 1. The Kier molecular flexibility index (Phi) is 5.84. The molecule has 0 aliphatic rings. The number of hydrogen-bond donors (Lipinski definition) is 2. The van der Waals surface area contributed by atoms with Crippen LogP contribution in [0.5, 0.6) is 0 Å². The lowest BCUT2D eigenvalue weighted by Gasteiger charge is -2.29. The Morgan fingerprint density at radius 1 is 1.25 bits per heavy atom. The van der Waals surface area contributed by atoms with Crippen LogP contribution in [0.4, 0.5) is 0 Å². The molecule has 0 saturated carbocycles. The van der Waals surface area contributed by atoms with Crippen molar-refractivity contribution >= 4 is 11.8 Å². The van der Waals surface area contributed by atoms with Crippen LogP contribution in [0.15, 0.2) is 35.2 Å². The van der Waals surface area contributed by atoms with Gasteiger partial charge in [-0.3, -0.25) is 4.90 Å². The van der Waals surface area contributed by atoms with Crippen LogP contribution in [0.1, 0.15) is 6.42 Å². The topological polar surface area (TPSA) is 55.3 Å². The standard InChI is InChI=1S/C12H21N3S/c1-15(2)12(11(14)8-9-13)16-10-6-4-3-5-7-10/h3-7,11-12H,8-9,13-14H2,1-2H3. The summed E-state index contributed by atoms with van der Waals surface area (Å²) in [6.45, 7) is 0.640. The van der Waals surface area contributed by atoms with Gasteiger partial charge >= 0.3 is 0 Å². The zero-order chi connectivity index (χ0) is 12.0. The van der Waals surface area contributed by atoms with Gasteiger partial charge in [0, 0.05) is 10.9 Å². The maximum atomic E-state index is 6.13. The van der Waals surface area contributed by atoms with Crippen molar-refractivity contribution in [2.45, 2.75) is 22.7 Å². The fraction of sp³-hybridized carbons (Fsp3) is 0.500. The van der Waals surface area contributed by atoms with Crippen molar-refractivity contribution < 1.29 is 0 Å². The second kappa shape index (κ2) is 6.91. The third-order valence-corrected chi connectivity index (χ3v) is 3.93. The van der Waals surface area contributed by atoms with E-state index in [0.29, 0.717) is 6.54 Å². The molecule has 0 aliphatic heterocycles. The molecule has 1 aromatic rings. The van der Waals surface area contributed by atoms with Gasteiger partial charge in [0.05, 0.1) is 5.37 Å². The summed E-state index contributed by atoms with van der Waals surface area (Å²) in [7, 11) is 4.11. The van der Waals surface area contributed by atoms with Crippen LogP contribution in [0.25, 0.3) is 0 Å². The maximum absolute atomic E-state index is 6.13. The highest BCUT2D eigenvalue weighted by Gasteiger charge is 2.20. The van der Waals surface area contributed by atoms with Crippen LogP contribution in [0.3, 0.4) is 0 Å². The van der Waals surface area contributed by atoms with Crippen LogP contribution in [0, 0.1) is 0 Å². The number of benzene rings is 1. The molecule has 0 amide bonds. The number of thioether (sulfide) groups is 1. The van der Waals surface area contributed by atoms with E-state index in [1.807, 2.05) is 18.2 Å². The van der Waals surface area contributed by atoms with Crippen molar-refractivity contribution in [2.75, 3.05) is 20.6 Å². The van der Waals surface area contributed by atoms with Crippen LogP contribution in [-0.2, 0) is 0 Å². The van der Waals surface area contributed by atoms with E-state index in [9.17, 15) is 0 Å².